The van der Waals surface area contributed by atoms with E-state index in [0.717, 1.165) is 105 Å². The number of benzene rings is 15. The number of aromatic nitrogens is 3. The second-order valence-electron chi connectivity index (χ2n) is 32.3. The largest absolute Gasteiger partial charge is 0.310 e. The molecule has 20 rings (SSSR count). The molecule has 7 heteroatoms. The summed E-state index contributed by atoms with van der Waals surface area (Å²) in [6.07, 6.45) is 0. The van der Waals surface area contributed by atoms with Crippen molar-refractivity contribution < 1.29 is 17.8 Å². The van der Waals surface area contributed by atoms with Gasteiger partial charge in [0.15, 0.2) is 0 Å². The molecule has 5 heterocycles. The highest BCUT2D eigenvalue weighted by molar-refractivity contribution is 7.00. The van der Waals surface area contributed by atoms with Crippen molar-refractivity contribution in [2.75, 3.05) is 9.80 Å². The highest BCUT2D eigenvalue weighted by Crippen LogP contribution is 2.54. The van der Waals surface area contributed by atoms with E-state index in [9.17, 15) is 16.2 Å². The Hall–Kier alpha value is -13.1. The lowest BCUT2D eigenvalue weighted by Gasteiger charge is -2.45. The molecule has 0 N–H and O–H groups in total. The number of nitrogens with zero attached hydrogens (tertiary/aromatic N) is 6. The van der Waals surface area contributed by atoms with Gasteiger partial charge in [-0.25, -0.2) is 0 Å². The number of fused-ring (bicyclic) bond motifs is 13. The average molecular weight is 1430 g/mol. The Morgan fingerprint density at radius 2 is 0.727 bits per heavy atom. The van der Waals surface area contributed by atoms with Gasteiger partial charge in [-0.2, -0.15) is 5.26 Å². The van der Waals surface area contributed by atoms with Gasteiger partial charge in [-0.3, -0.25) is 0 Å². The van der Waals surface area contributed by atoms with E-state index >= 15 is 0 Å². The Morgan fingerprint density at radius 3 is 1.25 bits per heavy atom. The van der Waals surface area contributed by atoms with Gasteiger partial charge in [0.25, 0.3) is 6.71 Å². The molecule has 15 aromatic carbocycles. The predicted molar refractivity (Wildman–Crippen MR) is 466 cm³/mol. The topological polar surface area (TPSA) is 45.1 Å². The molecule has 110 heavy (non-hydrogen) atoms. The SMILES string of the molecule is [2H]c1c([2H])c([2H])c(-c2cccc(-c3cc4c5c(c3)N(c3c(-c6ccccc6)cc(C(C)(C)C)cc3-c3ccccc3)c3cc(-n6c7c([2H])c([2H])c([2H])c([2H])c7c7c([2H])c([2H])c([2H])c([2H])c76)ccc3B5c3ccc(-n5c6ccc(C(C)(C)C)cc6c6cc(C(C)(C)C)ccc65)cc3N4c3cc(-n4c5ccccc5c5ccccc54)ccc3C#N)c2)c([2H])c1[2H]. The van der Waals surface area contributed by atoms with E-state index in [1.54, 1.807) is 10.6 Å². The van der Waals surface area contributed by atoms with Crippen molar-refractivity contribution in [3.05, 3.63) is 350 Å². The predicted octanol–water partition coefficient (Wildman–Crippen LogP) is 25.5. The van der Waals surface area contributed by atoms with Gasteiger partial charge in [-0.15, -0.1) is 0 Å². The van der Waals surface area contributed by atoms with Crippen LogP contribution in [0.3, 0.4) is 0 Å². The number of para-hydroxylation sites is 4. The molecule has 0 saturated carbocycles. The van der Waals surface area contributed by atoms with Crippen molar-refractivity contribution in [1.29, 1.82) is 5.26 Å². The van der Waals surface area contributed by atoms with E-state index < -0.39 is 78.6 Å². The molecule has 0 bridgehead atoms. The van der Waals surface area contributed by atoms with Gasteiger partial charge in [0, 0.05) is 83.3 Å². The molecule has 2 aliphatic rings. The zero-order valence-electron chi connectivity index (χ0n) is 75.4. The number of hydrogen-bond donors (Lipinski definition) is 0. The summed E-state index contributed by atoms with van der Waals surface area (Å²) in [7, 11) is 0. The zero-order chi connectivity index (χ0) is 86.0. The summed E-state index contributed by atoms with van der Waals surface area (Å²) in [5.74, 6) is 0. The molecule has 0 atom stereocenters. The molecular weight excluding hydrogens is 1330 g/mol. The van der Waals surface area contributed by atoms with Gasteiger partial charge in [-0.05, 0) is 204 Å². The lowest BCUT2D eigenvalue weighted by atomic mass is 9.33. The van der Waals surface area contributed by atoms with E-state index in [2.05, 4.69) is 227 Å². The van der Waals surface area contributed by atoms with E-state index in [-0.39, 0.29) is 50.3 Å². The van der Waals surface area contributed by atoms with Crippen molar-refractivity contribution in [2.45, 2.75) is 78.6 Å². The molecule has 0 spiro atoms. The van der Waals surface area contributed by atoms with Crippen molar-refractivity contribution in [3.8, 4) is 67.6 Å². The Bertz CT molecular complexity index is 7420. The van der Waals surface area contributed by atoms with Crippen LogP contribution in [0.5, 0.6) is 0 Å². The van der Waals surface area contributed by atoms with Crippen LogP contribution in [0.1, 0.15) is 102 Å². The third-order valence-corrected chi connectivity index (χ3v) is 22.6. The van der Waals surface area contributed by atoms with E-state index in [4.69, 9.17) is 6.85 Å². The smallest absolute Gasteiger partial charge is 0.252 e. The van der Waals surface area contributed by atoms with Crippen LogP contribution in [-0.2, 0) is 16.2 Å². The first-order chi connectivity index (χ1) is 58.8. The maximum Gasteiger partial charge on any atom is 0.252 e. The standard InChI is InChI=1S/C103H81BN6/c1-101(2,3)72-45-52-92-84(57-72)85-58-73(102(4,5)6)46-53-93(85)108(92)76-48-50-86-95(62-76)109(94-61-75(47-44-70(94)64-105)106-88-40-23-19-36-78(88)79-37-20-24-41-89(79)106)97-55-71(69-35-27-34-68(54-69)65-28-13-10-14-29-65)56-98-99(97)104(86)87-51-49-77(107-90-42-25-21-38-80(90)81-39-22-26-43-91(81)107)63-96(87)110(98)100-82(66-30-15-11-16-31-66)59-74(103(7,8)9)60-83(100)67-32-17-12-18-33-67/h10-63H,1-9H3/i10D,13D,14D,21D,22D,25D,26D,28D,29D,38D,39D,42D,43D. The molecule has 0 amide bonds. The Kier molecular flexibility index (Phi) is 12.2. The molecule has 0 saturated heterocycles. The van der Waals surface area contributed by atoms with Crippen LogP contribution in [0.2, 0.25) is 0 Å². The first-order valence-electron chi connectivity index (χ1n) is 44.0. The molecule has 0 fully saturated rings. The molecule has 3 aromatic heterocycles. The summed E-state index contributed by atoms with van der Waals surface area (Å²) in [5, 5.41) is 16.4. The van der Waals surface area contributed by atoms with Gasteiger partial charge in [0.05, 0.1) is 67.9 Å². The summed E-state index contributed by atoms with van der Waals surface area (Å²) < 4.78 is 128. The second-order valence-corrected chi connectivity index (χ2v) is 32.3. The summed E-state index contributed by atoms with van der Waals surface area (Å²) >= 11 is 0. The third-order valence-electron chi connectivity index (χ3n) is 22.6. The maximum atomic E-state index is 12.2. The van der Waals surface area contributed by atoms with Gasteiger partial charge < -0.3 is 23.5 Å². The number of nitriles is 1. The normalized spacial score (nSPS) is 14.5. The van der Waals surface area contributed by atoms with Gasteiger partial charge in [0.2, 0.25) is 0 Å². The Morgan fingerprint density at radius 1 is 0.300 bits per heavy atom. The first kappa shape index (κ1) is 53.6. The minimum atomic E-state index is -0.725. The van der Waals surface area contributed by atoms with Crippen LogP contribution in [0.4, 0.5) is 34.1 Å². The fourth-order valence-electron chi connectivity index (χ4n) is 17.2. The summed E-state index contributed by atoms with van der Waals surface area (Å²) in [6, 6.07) is 82.1. The monoisotopic (exact) mass is 1430 g/mol. The van der Waals surface area contributed by atoms with Gasteiger partial charge in [-0.1, -0.05) is 268 Å². The van der Waals surface area contributed by atoms with E-state index in [1.807, 2.05) is 103 Å². The lowest BCUT2D eigenvalue weighted by Crippen LogP contribution is -2.61. The summed E-state index contributed by atoms with van der Waals surface area (Å²) in [5.41, 5.74) is 19.9. The van der Waals surface area contributed by atoms with Gasteiger partial charge >= 0.3 is 0 Å². The molecule has 0 aliphatic carbocycles. The molecular formula is C103H81BN6. The van der Waals surface area contributed by atoms with Crippen LogP contribution >= 0.6 is 0 Å². The minimum absolute atomic E-state index is 0.0157. The van der Waals surface area contributed by atoms with Crippen molar-refractivity contribution in [2.24, 2.45) is 0 Å². The number of anilines is 6. The minimum Gasteiger partial charge on any atom is -0.310 e. The highest BCUT2D eigenvalue weighted by atomic mass is 15.2. The van der Waals surface area contributed by atoms with Crippen LogP contribution in [0, 0.1) is 11.3 Å². The summed E-state index contributed by atoms with van der Waals surface area (Å²) in [4.78, 5) is 4.55. The van der Waals surface area contributed by atoms with E-state index in [0.29, 0.717) is 56.4 Å². The molecule has 6 nitrogen and oxygen atoms in total. The lowest BCUT2D eigenvalue weighted by molar-refractivity contribution is 0.590. The van der Waals surface area contributed by atoms with Crippen LogP contribution in [0.15, 0.2) is 327 Å². The van der Waals surface area contributed by atoms with Crippen molar-refractivity contribution in [1.82, 2.24) is 13.7 Å². The van der Waals surface area contributed by atoms with Crippen LogP contribution in [-0.4, -0.2) is 20.4 Å². The summed E-state index contributed by atoms with van der Waals surface area (Å²) in [6.45, 7) is 19.3. The molecule has 18 aromatic rings. The molecule has 2 aliphatic heterocycles. The van der Waals surface area contributed by atoms with Crippen molar-refractivity contribution in [3.63, 3.8) is 0 Å². The second kappa shape index (κ2) is 25.0. The molecule has 0 unspecified atom stereocenters. The first-order valence-corrected chi connectivity index (χ1v) is 37.5. The fraction of sp³-hybridized carbons (Fsp3) is 0.117. The number of rotatable bonds is 9. The highest BCUT2D eigenvalue weighted by Gasteiger charge is 2.46. The Balaban J connectivity index is 0.989. The van der Waals surface area contributed by atoms with Gasteiger partial charge in [0.1, 0.15) is 6.07 Å². The Labute approximate surface area is 661 Å². The van der Waals surface area contributed by atoms with E-state index in [1.165, 1.54) is 11.1 Å². The fourth-order valence-corrected chi connectivity index (χ4v) is 17.2. The quantitative estimate of drug-likeness (QED) is 0.135. The molecule has 526 valence electrons. The average Bonchev–Trinajstić information content (AvgIpc) is 1.66. The van der Waals surface area contributed by atoms with Crippen LogP contribution < -0.4 is 26.2 Å². The zero-order valence-corrected chi connectivity index (χ0v) is 62.4. The van der Waals surface area contributed by atoms with Crippen molar-refractivity contribution >= 4 is 123 Å². The maximum absolute atomic E-state index is 12.2. The number of hydrogen-bond acceptors (Lipinski definition) is 3. The van der Waals surface area contributed by atoms with Crippen LogP contribution in [0.25, 0.3) is 127 Å². The molecule has 0 radical (unpaired) electrons. The third kappa shape index (κ3) is 10.5.